The van der Waals surface area contributed by atoms with Gasteiger partial charge in [-0.1, -0.05) is 23.4 Å². The zero-order valence-corrected chi connectivity index (χ0v) is 12.3. The molecule has 20 heavy (non-hydrogen) atoms. The highest BCUT2D eigenvalue weighted by molar-refractivity contribution is 7.98. The molecule has 104 valence electrons. The van der Waals surface area contributed by atoms with Crippen LogP contribution in [0.5, 0.6) is 5.88 Å². The predicted molar refractivity (Wildman–Crippen MR) is 77.6 cm³/mol. The van der Waals surface area contributed by atoms with Crippen LogP contribution in [0, 0.1) is 0 Å². The van der Waals surface area contributed by atoms with Crippen LogP contribution in [0.1, 0.15) is 10.4 Å². The van der Waals surface area contributed by atoms with Gasteiger partial charge in [-0.05, 0) is 12.3 Å². The number of hydrogen-bond acceptors (Lipinski definition) is 6. The molecule has 2 aromatic rings. The van der Waals surface area contributed by atoms with Crippen molar-refractivity contribution in [3.05, 3.63) is 35.2 Å². The Morgan fingerprint density at radius 3 is 2.90 bits per heavy atom. The summed E-state index contributed by atoms with van der Waals surface area (Å²) in [7, 11) is 1.44. The Morgan fingerprint density at radius 2 is 2.25 bits per heavy atom. The number of nitrogens with zero attached hydrogens (tertiary/aromatic N) is 3. The second kappa shape index (κ2) is 6.53. The maximum Gasteiger partial charge on any atom is 0.262 e. The van der Waals surface area contributed by atoms with E-state index >= 15 is 0 Å². The summed E-state index contributed by atoms with van der Waals surface area (Å²) in [6, 6.07) is 1.59. The van der Waals surface area contributed by atoms with Gasteiger partial charge in [0, 0.05) is 12.4 Å². The SMILES string of the molecule is COc1nc(SC)ncc1C(=O)Nc1cnccc1Cl. The number of carbonyl (C=O) groups excluding carboxylic acids is 1. The minimum absolute atomic E-state index is 0.210. The fourth-order valence-electron chi connectivity index (χ4n) is 1.42. The van der Waals surface area contributed by atoms with E-state index in [0.717, 1.165) is 0 Å². The molecular weight excluding hydrogens is 300 g/mol. The molecule has 6 nitrogen and oxygen atoms in total. The summed E-state index contributed by atoms with van der Waals surface area (Å²) in [5.41, 5.74) is 0.639. The van der Waals surface area contributed by atoms with Crippen molar-refractivity contribution < 1.29 is 9.53 Å². The van der Waals surface area contributed by atoms with Crippen molar-refractivity contribution in [1.82, 2.24) is 15.0 Å². The number of aromatic nitrogens is 3. The third kappa shape index (κ3) is 3.17. The van der Waals surface area contributed by atoms with Gasteiger partial charge in [0.15, 0.2) is 5.16 Å². The molecule has 0 aliphatic heterocycles. The molecule has 0 atom stereocenters. The largest absolute Gasteiger partial charge is 0.480 e. The van der Waals surface area contributed by atoms with Gasteiger partial charge < -0.3 is 10.1 Å². The summed E-state index contributed by atoms with van der Waals surface area (Å²) >= 11 is 7.32. The fourth-order valence-corrected chi connectivity index (χ4v) is 1.90. The minimum Gasteiger partial charge on any atom is -0.480 e. The van der Waals surface area contributed by atoms with E-state index in [4.69, 9.17) is 16.3 Å². The highest BCUT2D eigenvalue weighted by Crippen LogP contribution is 2.23. The normalized spacial score (nSPS) is 10.2. The Morgan fingerprint density at radius 1 is 1.45 bits per heavy atom. The van der Waals surface area contributed by atoms with E-state index in [2.05, 4.69) is 20.3 Å². The number of ether oxygens (including phenoxy) is 1. The zero-order valence-electron chi connectivity index (χ0n) is 10.8. The molecule has 0 aliphatic rings. The van der Waals surface area contributed by atoms with Crippen molar-refractivity contribution in [3.63, 3.8) is 0 Å². The minimum atomic E-state index is -0.413. The van der Waals surface area contributed by atoms with Crippen molar-refractivity contribution in [2.24, 2.45) is 0 Å². The lowest BCUT2D eigenvalue weighted by Crippen LogP contribution is -2.15. The van der Waals surface area contributed by atoms with Crippen LogP contribution in [0.3, 0.4) is 0 Å². The molecule has 0 saturated heterocycles. The number of anilines is 1. The van der Waals surface area contributed by atoms with E-state index in [9.17, 15) is 4.79 Å². The first-order valence-electron chi connectivity index (χ1n) is 5.51. The third-order valence-electron chi connectivity index (χ3n) is 2.37. The number of nitrogens with one attached hydrogen (secondary N) is 1. The molecule has 2 aromatic heterocycles. The summed E-state index contributed by atoms with van der Waals surface area (Å²) < 4.78 is 5.10. The number of pyridine rings is 1. The molecule has 0 aromatic carbocycles. The molecule has 1 amide bonds. The summed E-state index contributed by atoms with van der Waals surface area (Å²) in [5.74, 6) is -0.203. The molecule has 0 unspecified atom stereocenters. The van der Waals surface area contributed by atoms with Crippen LogP contribution in [-0.4, -0.2) is 34.2 Å². The highest BCUT2D eigenvalue weighted by atomic mass is 35.5. The average molecular weight is 311 g/mol. The number of halogens is 1. The summed E-state index contributed by atoms with van der Waals surface area (Å²) in [4.78, 5) is 24.2. The first-order chi connectivity index (χ1) is 9.65. The molecule has 8 heteroatoms. The van der Waals surface area contributed by atoms with Crippen LogP contribution in [0.4, 0.5) is 5.69 Å². The third-order valence-corrected chi connectivity index (χ3v) is 3.26. The van der Waals surface area contributed by atoms with E-state index in [-0.39, 0.29) is 11.4 Å². The molecule has 0 spiro atoms. The van der Waals surface area contributed by atoms with Crippen molar-refractivity contribution in [1.29, 1.82) is 0 Å². The second-order valence-corrected chi connectivity index (χ2v) is 4.77. The summed E-state index contributed by atoms with van der Waals surface area (Å²) in [6.45, 7) is 0. The summed E-state index contributed by atoms with van der Waals surface area (Å²) in [5, 5.41) is 3.56. The van der Waals surface area contributed by atoms with Crippen LogP contribution in [0.2, 0.25) is 5.02 Å². The monoisotopic (exact) mass is 310 g/mol. The number of thioether (sulfide) groups is 1. The number of hydrogen-bond donors (Lipinski definition) is 1. The van der Waals surface area contributed by atoms with E-state index in [1.807, 2.05) is 6.26 Å². The van der Waals surface area contributed by atoms with Gasteiger partial charge in [-0.25, -0.2) is 4.98 Å². The molecule has 1 N–H and O–H groups in total. The first kappa shape index (κ1) is 14.5. The maximum absolute atomic E-state index is 12.2. The van der Waals surface area contributed by atoms with E-state index in [1.165, 1.54) is 37.5 Å². The molecule has 2 rings (SSSR count). The smallest absolute Gasteiger partial charge is 0.262 e. The maximum atomic E-state index is 12.2. The predicted octanol–water partition coefficient (Wildman–Crippen LogP) is 2.51. The lowest BCUT2D eigenvalue weighted by molar-refractivity contribution is 0.102. The molecule has 0 radical (unpaired) electrons. The zero-order chi connectivity index (χ0) is 14.5. The van der Waals surface area contributed by atoms with Crippen molar-refractivity contribution in [2.75, 3.05) is 18.7 Å². The average Bonchev–Trinajstić information content (AvgIpc) is 2.48. The van der Waals surface area contributed by atoms with Gasteiger partial charge in [0.1, 0.15) is 5.56 Å². The van der Waals surface area contributed by atoms with Gasteiger partial charge in [0.05, 0.1) is 24.0 Å². The van der Waals surface area contributed by atoms with Crippen LogP contribution < -0.4 is 10.1 Å². The first-order valence-corrected chi connectivity index (χ1v) is 7.12. The summed E-state index contributed by atoms with van der Waals surface area (Å²) in [6.07, 6.45) is 6.25. The topological polar surface area (TPSA) is 77.0 Å². The van der Waals surface area contributed by atoms with Crippen LogP contribution >= 0.6 is 23.4 Å². The van der Waals surface area contributed by atoms with Gasteiger partial charge >= 0.3 is 0 Å². The molecule has 0 aliphatic carbocycles. The molecular formula is C12H11ClN4O2S. The standard InChI is InChI=1S/C12H11ClN4O2S/c1-19-11-7(5-15-12(17-11)20-2)10(18)16-9-6-14-4-3-8(9)13/h3-6H,1-2H3,(H,16,18). The lowest BCUT2D eigenvalue weighted by atomic mass is 10.3. The second-order valence-electron chi connectivity index (χ2n) is 3.59. The number of methoxy groups -OCH3 is 1. The van der Waals surface area contributed by atoms with E-state index in [1.54, 1.807) is 6.07 Å². The van der Waals surface area contributed by atoms with E-state index < -0.39 is 5.91 Å². The van der Waals surface area contributed by atoms with Crippen molar-refractivity contribution >= 4 is 35.0 Å². The Bertz CT molecular complexity index is 639. The Kier molecular flexibility index (Phi) is 4.75. The Hall–Kier alpha value is -1.86. The van der Waals surface area contributed by atoms with Gasteiger partial charge in [0.2, 0.25) is 5.88 Å². The fraction of sp³-hybridized carbons (Fsp3) is 0.167. The van der Waals surface area contributed by atoms with Gasteiger partial charge in [0.25, 0.3) is 5.91 Å². The number of rotatable bonds is 4. The lowest BCUT2D eigenvalue weighted by Gasteiger charge is -2.09. The molecule has 2 heterocycles. The van der Waals surface area contributed by atoms with E-state index in [0.29, 0.717) is 15.9 Å². The highest BCUT2D eigenvalue weighted by Gasteiger charge is 2.16. The van der Waals surface area contributed by atoms with Gasteiger partial charge in [-0.3, -0.25) is 9.78 Å². The number of carbonyl (C=O) groups is 1. The van der Waals surface area contributed by atoms with Gasteiger partial charge in [-0.2, -0.15) is 4.98 Å². The van der Waals surface area contributed by atoms with Gasteiger partial charge in [-0.15, -0.1) is 0 Å². The molecule has 0 bridgehead atoms. The van der Waals surface area contributed by atoms with Crippen LogP contribution in [-0.2, 0) is 0 Å². The van der Waals surface area contributed by atoms with Crippen molar-refractivity contribution in [3.8, 4) is 5.88 Å². The molecule has 0 fully saturated rings. The Labute approximate surface area is 124 Å². The Balaban J connectivity index is 2.27. The molecule has 0 saturated carbocycles. The van der Waals surface area contributed by atoms with Crippen LogP contribution in [0.25, 0.3) is 0 Å². The van der Waals surface area contributed by atoms with Crippen LogP contribution in [0.15, 0.2) is 29.8 Å². The quantitative estimate of drug-likeness (QED) is 0.690. The van der Waals surface area contributed by atoms with Crippen molar-refractivity contribution in [2.45, 2.75) is 5.16 Å². The number of amides is 1.